The molecule has 1 saturated carbocycles. The van der Waals surface area contributed by atoms with Crippen molar-refractivity contribution in [3.05, 3.63) is 24.7 Å². The van der Waals surface area contributed by atoms with Crippen LogP contribution in [0.2, 0.25) is 0 Å². The largest absolute Gasteiger partial charge is 0.473 e. The molecule has 2 fully saturated rings. The molecule has 10 nitrogen and oxygen atoms in total. The van der Waals surface area contributed by atoms with E-state index in [-0.39, 0.29) is 35.1 Å². The van der Waals surface area contributed by atoms with Gasteiger partial charge in [0.25, 0.3) is 0 Å². The van der Waals surface area contributed by atoms with E-state index in [4.69, 9.17) is 20.2 Å². The van der Waals surface area contributed by atoms with Crippen LogP contribution < -0.4 is 10.6 Å². The molecule has 0 atom stereocenters. The normalized spacial score (nSPS) is 23.0. The van der Waals surface area contributed by atoms with Crippen LogP contribution in [0.1, 0.15) is 52.4 Å². The fourth-order valence-corrected chi connectivity index (χ4v) is 4.38. The summed E-state index contributed by atoms with van der Waals surface area (Å²) >= 11 is 0. The highest BCUT2D eigenvalue weighted by Gasteiger charge is 2.30. The highest BCUT2D eigenvalue weighted by Crippen LogP contribution is 2.28. The zero-order chi connectivity index (χ0) is 24.9. The van der Waals surface area contributed by atoms with Gasteiger partial charge in [0, 0.05) is 19.3 Å². The monoisotopic (exact) mass is 499 g/mol. The zero-order valence-electron chi connectivity index (χ0n) is 19.9. The number of hydrogen-bond donors (Lipinski definition) is 1. The molecule has 12 heteroatoms. The molecule has 0 aromatic carbocycles. The summed E-state index contributed by atoms with van der Waals surface area (Å²) in [6, 6.07) is 0.166. The Morgan fingerprint density at radius 2 is 1.71 bits per heavy atom. The molecule has 1 saturated heterocycles. The molecule has 3 rings (SSSR count). The number of rotatable bonds is 7. The predicted octanol–water partition coefficient (Wildman–Crippen LogP) is 2.56. The summed E-state index contributed by atoms with van der Waals surface area (Å²) in [5.41, 5.74) is -1.59. The summed E-state index contributed by atoms with van der Waals surface area (Å²) in [5, 5.41) is -0.0735. The fourth-order valence-electron chi connectivity index (χ4n) is 3.89. The number of aromatic nitrogens is 2. The van der Waals surface area contributed by atoms with Crippen LogP contribution >= 0.6 is 0 Å². The SMILES string of the molecule is C=C(N=C(ON)N1CCC(OC2CCC(Oc3cnc(S(C)(=O)=O)cn3)CC2)CC1)C(C)(C)F. The number of amidine groups is 1. The summed E-state index contributed by atoms with van der Waals surface area (Å²) in [5.74, 6) is 5.68. The molecule has 1 aromatic rings. The van der Waals surface area contributed by atoms with Crippen molar-refractivity contribution in [2.75, 3.05) is 19.3 Å². The van der Waals surface area contributed by atoms with Gasteiger partial charge in [-0.2, -0.15) is 10.9 Å². The second kappa shape index (κ2) is 11.0. The minimum Gasteiger partial charge on any atom is -0.473 e. The Kier molecular flexibility index (Phi) is 8.47. The van der Waals surface area contributed by atoms with Gasteiger partial charge in [0.15, 0.2) is 14.9 Å². The first-order valence-electron chi connectivity index (χ1n) is 11.4. The number of nitrogens with two attached hydrogens (primary N) is 1. The smallest absolute Gasteiger partial charge is 0.312 e. The maximum absolute atomic E-state index is 14.0. The predicted molar refractivity (Wildman–Crippen MR) is 125 cm³/mol. The molecule has 2 N–H and O–H groups in total. The van der Waals surface area contributed by atoms with Gasteiger partial charge in [0.1, 0.15) is 11.8 Å². The van der Waals surface area contributed by atoms with Gasteiger partial charge in [-0.1, -0.05) is 6.58 Å². The third kappa shape index (κ3) is 7.34. The molecule has 34 heavy (non-hydrogen) atoms. The maximum Gasteiger partial charge on any atom is 0.312 e. The number of likely N-dealkylation sites (tertiary alicyclic amines) is 1. The van der Waals surface area contributed by atoms with Crippen molar-refractivity contribution in [3.8, 4) is 5.88 Å². The van der Waals surface area contributed by atoms with E-state index in [1.165, 1.54) is 26.2 Å². The molecule has 1 aliphatic carbocycles. The number of allylic oxidation sites excluding steroid dienone is 1. The molecule has 2 heterocycles. The van der Waals surface area contributed by atoms with Crippen LogP contribution in [-0.4, -0.2) is 72.6 Å². The van der Waals surface area contributed by atoms with Crippen molar-refractivity contribution in [2.45, 2.75) is 81.4 Å². The van der Waals surface area contributed by atoms with Crippen molar-refractivity contribution in [3.63, 3.8) is 0 Å². The first-order valence-corrected chi connectivity index (χ1v) is 13.3. The van der Waals surface area contributed by atoms with E-state index < -0.39 is 15.5 Å². The minimum absolute atomic E-state index is 0.00610. The molecule has 190 valence electrons. The third-order valence-electron chi connectivity index (χ3n) is 6.01. The van der Waals surface area contributed by atoms with Gasteiger partial charge in [-0.3, -0.25) is 0 Å². The number of ether oxygens (including phenoxy) is 2. The van der Waals surface area contributed by atoms with E-state index in [2.05, 4.69) is 21.5 Å². The average Bonchev–Trinajstić information content (AvgIpc) is 2.78. The molecular weight excluding hydrogens is 465 g/mol. The summed E-state index contributed by atoms with van der Waals surface area (Å²) in [6.07, 6.45) is 8.85. The van der Waals surface area contributed by atoms with E-state index in [1.54, 1.807) is 0 Å². The molecule has 2 aliphatic rings. The number of sulfone groups is 1. The fraction of sp³-hybridized carbons (Fsp3) is 0.682. The molecule has 0 spiro atoms. The number of alkyl halides is 1. The second-order valence-electron chi connectivity index (χ2n) is 9.24. The van der Waals surface area contributed by atoms with E-state index >= 15 is 0 Å². The van der Waals surface area contributed by atoms with Gasteiger partial charge >= 0.3 is 6.02 Å². The number of piperidine rings is 1. The molecule has 0 amide bonds. The van der Waals surface area contributed by atoms with Crippen LogP contribution in [0.4, 0.5) is 4.39 Å². The van der Waals surface area contributed by atoms with Gasteiger partial charge in [-0.05, 0) is 52.4 Å². The van der Waals surface area contributed by atoms with Gasteiger partial charge in [-0.15, -0.1) is 0 Å². The first kappa shape index (κ1) is 26.3. The quantitative estimate of drug-likeness (QED) is 0.342. The van der Waals surface area contributed by atoms with Crippen LogP contribution in [0, 0.1) is 0 Å². The van der Waals surface area contributed by atoms with Crippen LogP contribution in [-0.2, 0) is 19.4 Å². The Morgan fingerprint density at radius 3 is 2.21 bits per heavy atom. The van der Waals surface area contributed by atoms with E-state index in [0.29, 0.717) is 19.0 Å². The first-order chi connectivity index (χ1) is 16.0. The second-order valence-corrected chi connectivity index (χ2v) is 11.2. The number of aliphatic imine (C=N–C) groups is 1. The Labute approximate surface area is 200 Å². The third-order valence-corrected chi connectivity index (χ3v) is 6.98. The molecule has 0 unspecified atom stereocenters. The molecule has 0 radical (unpaired) electrons. The summed E-state index contributed by atoms with van der Waals surface area (Å²) in [7, 11) is -3.38. The lowest BCUT2D eigenvalue weighted by Crippen LogP contribution is -2.44. The summed E-state index contributed by atoms with van der Waals surface area (Å²) < 4.78 is 49.1. The Bertz CT molecular complexity index is 964. The number of hydrogen-bond acceptors (Lipinski definition) is 9. The maximum atomic E-state index is 14.0. The van der Waals surface area contributed by atoms with Crippen molar-refractivity contribution in [2.24, 2.45) is 10.9 Å². The van der Waals surface area contributed by atoms with E-state index in [1.807, 2.05) is 4.90 Å². The van der Waals surface area contributed by atoms with Crippen LogP contribution in [0.25, 0.3) is 0 Å². The molecule has 0 bridgehead atoms. The summed E-state index contributed by atoms with van der Waals surface area (Å²) in [4.78, 5) is 18.8. The Hall–Kier alpha value is -2.31. The van der Waals surface area contributed by atoms with Crippen LogP contribution in [0.3, 0.4) is 0 Å². The lowest BCUT2D eigenvalue weighted by Gasteiger charge is -2.36. The van der Waals surface area contributed by atoms with Crippen LogP contribution in [0.15, 0.2) is 34.7 Å². The number of halogens is 1. The Morgan fingerprint density at radius 1 is 1.12 bits per heavy atom. The van der Waals surface area contributed by atoms with Crippen molar-refractivity contribution < 1.29 is 27.1 Å². The number of nitrogens with zero attached hydrogens (tertiary/aromatic N) is 4. The zero-order valence-corrected chi connectivity index (χ0v) is 20.8. The lowest BCUT2D eigenvalue weighted by molar-refractivity contribution is -0.0630. The molecule has 1 aromatic heterocycles. The highest BCUT2D eigenvalue weighted by molar-refractivity contribution is 7.90. The minimum atomic E-state index is -3.38. The van der Waals surface area contributed by atoms with Crippen molar-refractivity contribution >= 4 is 15.9 Å². The van der Waals surface area contributed by atoms with Gasteiger partial charge < -0.3 is 19.2 Å². The highest BCUT2D eigenvalue weighted by atomic mass is 32.2. The van der Waals surface area contributed by atoms with Crippen LogP contribution in [0.5, 0.6) is 5.88 Å². The lowest BCUT2D eigenvalue weighted by atomic mass is 9.94. The Balaban J connectivity index is 1.41. The summed E-state index contributed by atoms with van der Waals surface area (Å²) in [6.45, 7) is 7.70. The van der Waals surface area contributed by atoms with Gasteiger partial charge in [0.2, 0.25) is 5.88 Å². The molecular formula is C22H34FN5O5S. The van der Waals surface area contributed by atoms with Crippen molar-refractivity contribution in [1.29, 1.82) is 0 Å². The standard InChI is InChI=1S/C22H34FN5O5S/c1-15(22(2,3)23)27-21(33-24)28-11-9-18(10-12-28)31-16-5-7-17(8-6-16)32-19-13-26-20(14-25-19)34(4,29)30/h13-14,16-18H,1,5-12,24H2,2-4H3. The average molecular weight is 500 g/mol. The van der Waals surface area contributed by atoms with Gasteiger partial charge in [0.05, 0.1) is 30.3 Å². The topological polar surface area (TPSA) is 129 Å². The van der Waals surface area contributed by atoms with E-state index in [0.717, 1.165) is 44.8 Å². The van der Waals surface area contributed by atoms with Crippen molar-refractivity contribution in [1.82, 2.24) is 14.9 Å². The van der Waals surface area contributed by atoms with E-state index in [9.17, 15) is 12.8 Å². The molecule has 1 aliphatic heterocycles. The van der Waals surface area contributed by atoms with Gasteiger partial charge in [-0.25, -0.2) is 22.8 Å².